The van der Waals surface area contributed by atoms with E-state index in [4.69, 9.17) is 0 Å². The summed E-state index contributed by atoms with van der Waals surface area (Å²) in [6.45, 7) is -5.98. The number of halogens is 4. The fraction of sp³-hybridized carbons (Fsp3) is 0.333. The van der Waals surface area contributed by atoms with Gasteiger partial charge in [-0.25, -0.2) is 4.39 Å². The van der Waals surface area contributed by atoms with Gasteiger partial charge < -0.3 is 12.9 Å². The van der Waals surface area contributed by atoms with E-state index in [-0.39, 0.29) is 5.98 Å². The molecule has 0 saturated heterocycles. The predicted octanol–water partition coefficient (Wildman–Crippen LogP) is 1.90. The molecule has 0 bridgehead atoms. The first-order valence-electron chi connectivity index (χ1n) is 2.00. The van der Waals surface area contributed by atoms with Gasteiger partial charge in [-0.15, -0.1) is 5.98 Å². The fourth-order valence-electron chi connectivity index (χ4n) is 0.206. The van der Waals surface area contributed by atoms with Crippen LogP contribution in [0.5, 0.6) is 0 Å². The lowest BCUT2D eigenvalue weighted by Gasteiger charge is -2.04. The number of rotatable bonds is 2. The molecule has 0 nitrogen and oxygen atoms in total. The lowest BCUT2D eigenvalue weighted by atomic mass is 9.92. The Morgan fingerprint density at radius 2 is 1.75 bits per heavy atom. The molecule has 0 fully saturated rings. The first-order valence-corrected chi connectivity index (χ1v) is 2.00. The third-order valence-corrected chi connectivity index (χ3v) is 0.443. The summed E-state index contributed by atoms with van der Waals surface area (Å²) < 4.78 is 44.1. The largest absolute Gasteiger partial charge is 0.502 e. The average Bonchev–Trinajstić information content (AvgIpc) is 1.59. The Kier molecular flexibility index (Phi) is 2.58. The van der Waals surface area contributed by atoms with E-state index in [0.29, 0.717) is 6.08 Å². The molecule has 0 atom stereocenters. The Hall–Kier alpha value is -0.475. The molecule has 0 aromatic heterocycles. The normalized spacial score (nSPS) is 13.0. The molecule has 0 aromatic carbocycles. The van der Waals surface area contributed by atoms with Gasteiger partial charge in [-0.2, -0.15) is 0 Å². The van der Waals surface area contributed by atoms with E-state index in [9.17, 15) is 17.3 Å². The zero-order valence-electron chi connectivity index (χ0n) is 3.95. The highest BCUT2D eigenvalue weighted by Crippen LogP contribution is 2.08. The summed E-state index contributed by atoms with van der Waals surface area (Å²) in [5, 5.41) is 0. The van der Waals surface area contributed by atoms with E-state index in [1.165, 1.54) is 0 Å². The summed E-state index contributed by atoms with van der Waals surface area (Å²) in [5.74, 6) is -0.0694. The minimum atomic E-state index is -4.92. The van der Waals surface area contributed by atoms with E-state index < -0.39 is 13.7 Å². The van der Waals surface area contributed by atoms with Crippen molar-refractivity contribution in [3.63, 3.8) is 0 Å². The first kappa shape index (κ1) is 7.52. The molecule has 0 aliphatic rings. The van der Waals surface area contributed by atoms with Crippen molar-refractivity contribution in [2.45, 2.75) is 0 Å². The molecule has 0 aliphatic heterocycles. The number of hydrogen-bond acceptors (Lipinski definition) is 0. The minimum absolute atomic E-state index is 0.0694. The van der Waals surface area contributed by atoms with Gasteiger partial charge in [0.25, 0.3) is 0 Å². The van der Waals surface area contributed by atoms with Gasteiger partial charge in [-0.05, 0) is 0 Å². The van der Waals surface area contributed by atoms with Crippen molar-refractivity contribution in [1.82, 2.24) is 0 Å². The van der Waals surface area contributed by atoms with Gasteiger partial charge in [0.2, 0.25) is 0 Å². The van der Waals surface area contributed by atoms with Crippen LogP contribution in [0.2, 0.25) is 0 Å². The molecule has 5 heteroatoms. The fourth-order valence-corrected chi connectivity index (χ4v) is 0.206. The minimum Gasteiger partial charge on any atom is -0.445 e. The van der Waals surface area contributed by atoms with Crippen LogP contribution in [0.25, 0.3) is 0 Å². The summed E-state index contributed by atoms with van der Waals surface area (Å²) in [6.07, 6.45) is 0.444. The van der Waals surface area contributed by atoms with Crippen LogP contribution in [0.4, 0.5) is 17.3 Å². The van der Waals surface area contributed by atoms with Gasteiger partial charge in [0.15, 0.2) is 0 Å². The molecule has 0 N–H and O–H groups in total. The molecule has 0 saturated carbocycles. The zero-order valence-corrected chi connectivity index (χ0v) is 3.95. The Labute approximate surface area is 44.2 Å². The molecular weight excluding hydrogens is 123 g/mol. The molecule has 0 heterocycles. The Morgan fingerprint density at radius 3 is 1.88 bits per heavy atom. The summed E-state index contributed by atoms with van der Waals surface area (Å²) in [4.78, 5) is 0. The Bertz CT molecular complexity index is 83.8. The van der Waals surface area contributed by atoms with Crippen molar-refractivity contribution in [3.8, 4) is 0 Å². The van der Waals surface area contributed by atoms with Crippen LogP contribution in [0.1, 0.15) is 0 Å². The standard InChI is InChI=1S/C3H4BF4/c5-3-1-2-4(6,7)8/h1-2H,3H2/q-1/b2-1+. The lowest BCUT2D eigenvalue weighted by molar-refractivity contribution is 0.496. The second-order valence-electron chi connectivity index (χ2n) is 1.21. The molecule has 0 rings (SSSR count). The highest BCUT2D eigenvalue weighted by Gasteiger charge is 2.16. The van der Waals surface area contributed by atoms with Crippen LogP contribution in [-0.2, 0) is 0 Å². The van der Waals surface area contributed by atoms with Gasteiger partial charge in [0, 0.05) is 0 Å². The molecule has 0 aromatic rings. The Balaban J connectivity index is 3.52. The molecule has 0 aliphatic carbocycles. The quantitative estimate of drug-likeness (QED) is 0.392. The third-order valence-electron chi connectivity index (χ3n) is 0.443. The summed E-state index contributed by atoms with van der Waals surface area (Å²) >= 11 is 0. The van der Waals surface area contributed by atoms with Crippen molar-refractivity contribution in [2.24, 2.45) is 0 Å². The van der Waals surface area contributed by atoms with Gasteiger partial charge in [-0.1, -0.05) is 6.08 Å². The second-order valence-corrected chi connectivity index (χ2v) is 1.21. The number of allylic oxidation sites excluding steroid dienone is 1. The molecule has 48 valence electrons. The van der Waals surface area contributed by atoms with Gasteiger partial charge in [0.05, 0.1) is 0 Å². The Morgan fingerprint density at radius 1 is 1.25 bits per heavy atom. The molecule has 8 heavy (non-hydrogen) atoms. The van der Waals surface area contributed by atoms with Gasteiger partial charge >= 0.3 is 6.98 Å². The van der Waals surface area contributed by atoms with E-state index in [0.717, 1.165) is 0 Å². The SMILES string of the molecule is FC/C=C/[B-](F)(F)F. The molecule has 0 unspecified atom stereocenters. The van der Waals surface area contributed by atoms with E-state index in [1.807, 2.05) is 0 Å². The van der Waals surface area contributed by atoms with Crippen molar-refractivity contribution in [3.05, 3.63) is 12.1 Å². The van der Waals surface area contributed by atoms with E-state index >= 15 is 0 Å². The predicted molar refractivity (Wildman–Crippen MR) is 24.2 cm³/mol. The molecule has 0 spiro atoms. The molecule has 0 radical (unpaired) electrons. The highest BCUT2D eigenvalue weighted by molar-refractivity contribution is 6.64. The smallest absolute Gasteiger partial charge is 0.445 e. The van der Waals surface area contributed by atoms with Gasteiger partial charge in [-0.3, -0.25) is 0 Å². The van der Waals surface area contributed by atoms with Crippen LogP contribution in [0.3, 0.4) is 0 Å². The van der Waals surface area contributed by atoms with Crippen LogP contribution in [0, 0.1) is 0 Å². The topological polar surface area (TPSA) is 0 Å². The van der Waals surface area contributed by atoms with Crippen molar-refractivity contribution in [2.75, 3.05) is 6.67 Å². The summed E-state index contributed by atoms with van der Waals surface area (Å²) in [6, 6.07) is 0. The number of alkyl halides is 1. The van der Waals surface area contributed by atoms with Crippen LogP contribution >= 0.6 is 0 Å². The monoisotopic (exact) mass is 127 g/mol. The van der Waals surface area contributed by atoms with Gasteiger partial charge in [0.1, 0.15) is 6.67 Å². The first-order chi connectivity index (χ1) is 3.56. The van der Waals surface area contributed by atoms with Crippen LogP contribution in [0.15, 0.2) is 12.1 Å². The van der Waals surface area contributed by atoms with Crippen LogP contribution in [-0.4, -0.2) is 13.7 Å². The van der Waals surface area contributed by atoms with Crippen molar-refractivity contribution in [1.29, 1.82) is 0 Å². The van der Waals surface area contributed by atoms with E-state index in [2.05, 4.69) is 0 Å². The van der Waals surface area contributed by atoms with E-state index in [1.54, 1.807) is 0 Å². The number of hydrogen-bond donors (Lipinski definition) is 0. The zero-order chi connectivity index (χ0) is 6.62. The molecular formula is C3H4BF4-. The summed E-state index contributed by atoms with van der Waals surface area (Å²) in [7, 11) is 0. The lowest BCUT2D eigenvalue weighted by Crippen LogP contribution is -2.09. The molecule has 0 amide bonds. The maximum atomic E-state index is 11.1. The maximum Gasteiger partial charge on any atom is 0.502 e. The highest BCUT2D eigenvalue weighted by atomic mass is 19.4. The summed E-state index contributed by atoms with van der Waals surface area (Å²) in [5.41, 5.74) is 0. The van der Waals surface area contributed by atoms with Crippen molar-refractivity contribution >= 4 is 6.98 Å². The van der Waals surface area contributed by atoms with Crippen molar-refractivity contribution < 1.29 is 17.3 Å². The average molecular weight is 127 g/mol. The van der Waals surface area contributed by atoms with Crippen LogP contribution < -0.4 is 0 Å². The third kappa shape index (κ3) is 5.52. The maximum absolute atomic E-state index is 11.1. The second kappa shape index (κ2) is 2.74.